The number of alkyl halides is 1. The van der Waals surface area contributed by atoms with Crippen molar-refractivity contribution in [3.05, 3.63) is 11.5 Å². The van der Waals surface area contributed by atoms with Gasteiger partial charge in [-0.1, -0.05) is 0 Å². The normalized spacial score (nSPS) is 18.8. The third-order valence-electron chi connectivity index (χ3n) is 3.98. The van der Waals surface area contributed by atoms with Crippen molar-refractivity contribution in [3.8, 4) is 0 Å². The molecule has 0 radical (unpaired) electrons. The molecule has 0 amide bonds. The molecule has 5 nitrogen and oxygen atoms in total. The number of hydrogen-bond donors (Lipinski definition) is 0. The van der Waals surface area contributed by atoms with Crippen molar-refractivity contribution < 1.29 is 4.74 Å². The molecule has 1 saturated heterocycles. The summed E-state index contributed by atoms with van der Waals surface area (Å²) in [7, 11) is 0. The van der Waals surface area contributed by atoms with Gasteiger partial charge in [0.25, 0.3) is 0 Å². The van der Waals surface area contributed by atoms with Crippen molar-refractivity contribution in [2.45, 2.75) is 51.6 Å². The first-order valence-corrected chi connectivity index (χ1v) is 7.74. The fourth-order valence-electron chi connectivity index (χ4n) is 3.01. The Labute approximate surface area is 123 Å². The summed E-state index contributed by atoms with van der Waals surface area (Å²) in [5, 5.41) is 4.48. The summed E-state index contributed by atoms with van der Waals surface area (Å²) in [6.45, 7) is 8.56. The lowest BCUT2D eigenvalue weighted by Gasteiger charge is -2.26. The Balaban J connectivity index is 2.21. The molecule has 2 aromatic rings. The number of hydrogen-bond acceptors (Lipinski definition) is 3. The van der Waals surface area contributed by atoms with Gasteiger partial charge in [0.1, 0.15) is 11.3 Å². The van der Waals surface area contributed by atoms with Gasteiger partial charge < -0.3 is 9.30 Å². The third-order valence-corrected chi connectivity index (χ3v) is 4.18. The van der Waals surface area contributed by atoms with E-state index in [9.17, 15) is 0 Å². The van der Waals surface area contributed by atoms with Crippen LogP contribution in [0.5, 0.6) is 0 Å². The van der Waals surface area contributed by atoms with E-state index >= 15 is 0 Å². The SMILES string of the molecule is CCn1nc(C)c2nc(C(C)Cl)n(C3CCOCC3)c21. The van der Waals surface area contributed by atoms with Crippen LogP contribution >= 0.6 is 11.6 Å². The number of ether oxygens (including phenoxy) is 1. The second-order valence-corrected chi connectivity index (χ2v) is 6.03. The van der Waals surface area contributed by atoms with Gasteiger partial charge in [0, 0.05) is 25.8 Å². The maximum absolute atomic E-state index is 6.36. The average molecular weight is 297 g/mol. The fourth-order valence-corrected chi connectivity index (χ4v) is 3.16. The Hall–Kier alpha value is -1.07. The van der Waals surface area contributed by atoms with Crippen molar-refractivity contribution >= 4 is 22.8 Å². The Morgan fingerprint density at radius 1 is 1.40 bits per heavy atom. The molecule has 1 fully saturated rings. The topological polar surface area (TPSA) is 44.9 Å². The molecule has 2 aromatic heterocycles. The summed E-state index contributed by atoms with van der Waals surface area (Å²) in [5.74, 6) is 0.955. The van der Waals surface area contributed by atoms with E-state index in [1.807, 2.05) is 18.5 Å². The minimum atomic E-state index is -0.102. The quantitative estimate of drug-likeness (QED) is 0.817. The number of rotatable bonds is 3. The van der Waals surface area contributed by atoms with Gasteiger partial charge in [-0.25, -0.2) is 9.67 Å². The van der Waals surface area contributed by atoms with Gasteiger partial charge in [-0.05, 0) is 33.6 Å². The van der Waals surface area contributed by atoms with E-state index in [1.54, 1.807) is 0 Å². The van der Waals surface area contributed by atoms with Crippen molar-refractivity contribution in [2.75, 3.05) is 13.2 Å². The largest absolute Gasteiger partial charge is 0.381 e. The second-order valence-electron chi connectivity index (χ2n) is 5.37. The molecule has 3 heterocycles. The van der Waals surface area contributed by atoms with Crippen molar-refractivity contribution in [3.63, 3.8) is 0 Å². The lowest BCUT2D eigenvalue weighted by Crippen LogP contribution is -2.22. The Kier molecular flexibility index (Phi) is 3.73. The monoisotopic (exact) mass is 296 g/mol. The summed E-state index contributed by atoms with van der Waals surface area (Å²) >= 11 is 6.36. The molecule has 3 rings (SSSR count). The third kappa shape index (κ3) is 2.13. The molecule has 0 spiro atoms. The number of halogens is 1. The number of aromatic nitrogens is 4. The molecule has 0 aliphatic carbocycles. The minimum absolute atomic E-state index is 0.102. The predicted molar refractivity (Wildman–Crippen MR) is 79.3 cm³/mol. The van der Waals surface area contributed by atoms with Gasteiger partial charge in [-0.3, -0.25) is 0 Å². The molecule has 1 atom stereocenters. The molecule has 1 unspecified atom stereocenters. The van der Waals surface area contributed by atoms with E-state index in [0.717, 1.165) is 55.3 Å². The molecule has 0 bridgehead atoms. The first-order valence-electron chi connectivity index (χ1n) is 7.30. The van der Waals surface area contributed by atoms with Crippen LogP contribution < -0.4 is 0 Å². The highest BCUT2D eigenvalue weighted by Gasteiger charge is 2.27. The molecular formula is C14H21ClN4O. The maximum Gasteiger partial charge on any atom is 0.159 e. The van der Waals surface area contributed by atoms with Crippen molar-refractivity contribution in [2.24, 2.45) is 0 Å². The minimum Gasteiger partial charge on any atom is -0.381 e. The van der Waals surface area contributed by atoms with E-state index in [4.69, 9.17) is 21.3 Å². The average Bonchev–Trinajstić information content (AvgIpc) is 2.98. The number of nitrogens with zero attached hydrogens (tertiary/aromatic N) is 4. The van der Waals surface area contributed by atoms with Crippen LogP contribution in [0.3, 0.4) is 0 Å². The van der Waals surface area contributed by atoms with E-state index in [-0.39, 0.29) is 5.38 Å². The Bertz CT molecular complexity index is 610. The lowest BCUT2D eigenvalue weighted by atomic mass is 10.1. The standard InChI is InChI=1S/C14H21ClN4O/c1-4-18-14-12(10(3)17-18)16-13(9(2)15)19(14)11-5-7-20-8-6-11/h9,11H,4-8H2,1-3H3. The molecule has 6 heteroatoms. The van der Waals surface area contributed by atoms with Gasteiger partial charge in [0.15, 0.2) is 5.65 Å². The summed E-state index contributed by atoms with van der Waals surface area (Å²) in [6.07, 6.45) is 2.02. The smallest absolute Gasteiger partial charge is 0.159 e. The van der Waals surface area contributed by atoms with E-state index < -0.39 is 0 Å². The lowest BCUT2D eigenvalue weighted by molar-refractivity contribution is 0.0695. The van der Waals surface area contributed by atoms with Crippen LogP contribution in [0.15, 0.2) is 0 Å². The Morgan fingerprint density at radius 3 is 2.70 bits per heavy atom. The first-order chi connectivity index (χ1) is 9.63. The molecule has 110 valence electrons. The fraction of sp³-hybridized carbons (Fsp3) is 0.714. The zero-order valence-electron chi connectivity index (χ0n) is 12.3. The van der Waals surface area contributed by atoms with E-state index in [1.165, 1.54) is 0 Å². The van der Waals surface area contributed by atoms with Crippen LogP contribution in [0.25, 0.3) is 11.2 Å². The van der Waals surface area contributed by atoms with Gasteiger partial charge in [-0.2, -0.15) is 5.10 Å². The molecule has 20 heavy (non-hydrogen) atoms. The van der Waals surface area contributed by atoms with Gasteiger partial charge in [0.05, 0.1) is 11.1 Å². The summed E-state index contributed by atoms with van der Waals surface area (Å²) in [5.41, 5.74) is 3.08. The summed E-state index contributed by atoms with van der Waals surface area (Å²) in [6, 6.07) is 0.409. The van der Waals surface area contributed by atoms with Crippen LogP contribution in [-0.4, -0.2) is 32.5 Å². The zero-order chi connectivity index (χ0) is 14.3. The Morgan fingerprint density at radius 2 is 2.10 bits per heavy atom. The number of aryl methyl sites for hydroxylation is 2. The van der Waals surface area contributed by atoms with E-state index in [2.05, 4.69) is 16.6 Å². The van der Waals surface area contributed by atoms with Crippen LogP contribution in [-0.2, 0) is 11.3 Å². The van der Waals surface area contributed by atoms with E-state index in [0.29, 0.717) is 6.04 Å². The maximum atomic E-state index is 6.36. The van der Waals surface area contributed by atoms with Crippen LogP contribution in [0, 0.1) is 6.92 Å². The van der Waals surface area contributed by atoms with Gasteiger partial charge >= 0.3 is 0 Å². The molecule has 0 aromatic carbocycles. The van der Waals surface area contributed by atoms with Crippen LogP contribution in [0.2, 0.25) is 0 Å². The van der Waals surface area contributed by atoms with Crippen molar-refractivity contribution in [1.82, 2.24) is 19.3 Å². The number of imidazole rings is 1. The highest BCUT2D eigenvalue weighted by molar-refractivity contribution is 6.20. The molecule has 1 aliphatic heterocycles. The molecule has 0 saturated carbocycles. The van der Waals surface area contributed by atoms with Gasteiger partial charge in [-0.15, -0.1) is 11.6 Å². The van der Waals surface area contributed by atoms with Crippen LogP contribution in [0.1, 0.15) is 49.6 Å². The highest BCUT2D eigenvalue weighted by atomic mass is 35.5. The summed E-state index contributed by atoms with van der Waals surface area (Å²) in [4.78, 5) is 4.76. The zero-order valence-corrected chi connectivity index (χ0v) is 13.0. The molecular weight excluding hydrogens is 276 g/mol. The summed E-state index contributed by atoms with van der Waals surface area (Å²) < 4.78 is 9.82. The van der Waals surface area contributed by atoms with Crippen molar-refractivity contribution in [1.29, 1.82) is 0 Å². The van der Waals surface area contributed by atoms with Gasteiger partial charge in [0.2, 0.25) is 0 Å². The first kappa shape index (κ1) is 13.9. The highest BCUT2D eigenvalue weighted by Crippen LogP contribution is 2.33. The van der Waals surface area contributed by atoms with Crippen LogP contribution in [0.4, 0.5) is 0 Å². The molecule has 1 aliphatic rings. The molecule has 0 N–H and O–H groups in total. The predicted octanol–water partition coefficient (Wildman–Crippen LogP) is 3.21. The number of fused-ring (bicyclic) bond motifs is 1. The second kappa shape index (κ2) is 5.37.